The van der Waals surface area contributed by atoms with E-state index in [0.29, 0.717) is 6.42 Å². The zero-order valence-electron chi connectivity index (χ0n) is 16.5. The fraction of sp³-hybridized carbons (Fsp3) is 0.391. The Bertz CT molecular complexity index is 1110. The molecule has 2 aromatic carbocycles. The number of hydrogen-bond acceptors (Lipinski definition) is 4. The van der Waals surface area contributed by atoms with Crippen LogP contribution in [0.4, 0.5) is 0 Å². The fourth-order valence-corrected chi connectivity index (χ4v) is 4.58. The Kier molecular flexibility index (Phi) is 5.71. The van der Waals surface area contributed by atoms with E-state index >= 15 is 0 Å². The van der Waals surface area contributed by atoms with E-state index in [0.717, 1.165) is 41.7 Å². The van der Waals surface area contributed by atoms with Gasteiger partial charge >= 0.3 is 11.9 Å². The maximum Gasteiger partial charge on any atom is 0.339 e. The lowest BCUT2D eigenvalue weighted by Crippen LogP contribution is -2.36. The Labute approximate surface area is 179 Å². The SMILES string of the molecule is O=C(O)C[C@@]1(O)C[C@@H](CCCCCn2c3ccccc3c3cc(Cl)ccc32)OC1=O. The van der Waals surface area contributed by atoms with Gasteiger partial charge in [0.2, 0.25) is 0 Å². The molecule has 2 N–H and O–H groups in total. The highest BCUT2D eigenvalue weighted by Gasteiger charge is 2.48. The molecule has 1 aromatic heterocycles. The number of carboxylic acids is 1. The molecule has 0 aliphatic carbocycles. The van der Waals surface area contributed by atoms with Crippen molar-refractivity contribution >= 4 is 45.3 Å². The molecular formula is C23H24ClNO5. The van der Waals surface area contributed by atoms with E-state index in [9.17, 15) is 14.7 Å². The monoisotopic (exact) mass is 429 g/mol. The minimum atomic E-state index is -1.89. The van der Waals surface area contributed by atoms with Gasteiger partial charge in [0.15, 0.2) is 5.60 Å². The number of para-hydroxylation sites is 1. The van der Waals surface area contributed by atoms with Gasteiger partial charge in [-0.05, 0) is 43.5 Å². The molecule has 4 rings (SSSR count). The molecule has 2 heterocycles. The van der Waals surface area contributed by atoms with Crippen LogP contribution >= 0.6 is 11.6 Å². The number of cyclic esters (lactones) is 1. The Morgan fingerprint density at radius 1 is 1.13 bits per heavy atom. The van der Waals surface area contributed by atoms with Crippen LogP contribution in [-0.4, -0.2) is 38.4 Å². The van der Waals surface area contributed by atoms with Gasteiger partial charge in [-0.25, -0.2) is 4.79 Å². The molecule has 3 aromatic rings. The standard InChI is InChI=1S/C23H24ClNO5/c24-15-9-10-20-18(12-15)17-7-3-4-8-19(17)25(20)11-5-1-2-6-16-13-23(29,14-21(26)27)22(28)30-16/h3-4,7-10,12,16,29H,1-2,5-6,11,13-14H2,(H,26,27)/t16-,23+/m1/s1. The van der Waals surface area contributed by atoms with Crippen molar-refractivity contribution in [3.8, 4) is 0 Å². The highest BCUT2D eigenvalue weighted by Crippen LogP contribution is 2.33. The van der Waals surface area contributed by atoms with E-state index in [4.69, 9.17) is 21.4 Å². The largest absolute Gasteiger partial charge is 0.481 e. The normalized spacial score (nSPS) is 21.4. The van der Waals surface area contributed by atoms with Crippen LogP contribution in [-0.2, 0) is 20.9 Å². The molecule has 1 fully saturated rings. The quantitative estimate of drug-likeness (QED) is 0.405. The summed E-state index contributed by atoms with van der Waals surface area (Å²) >= 11 is 6.20. The van der Waals surface area contributed by atoms with Crippen LogP contribution in [0.15, 0.2) is 42.5 Å². The summed E-state index contributed by atoms with van der Waals surface area (Å²) in [4.78, 5) is 22.7. The van der Waals surface area contributed by atoms with Crippen LogP contribution in [0.25, 0.3) is 21.8 Å². The summed E-state index contributed by atoms with van der Waals surface area (Å²) in [6, 6.07) is 14.3. The van der Waals surface area contributed by atoms with Crippen LogP contribution in [0.3, 0.4) is 0 Å². The maximum atomic E-state index is 11.8. The number of aromatic nitrogens is 1. The molecule has 6 nitrogen and oxygen atoms in total. The van der Waals surface area contributed by atoms with Gasteiger partial charge in [-0.1, -0.05) is 36.2 Å². The highest BCUT2D eigenvalue weighted by molar-refractivity contribution is 6.31. The number of hydrogen-bond donors (Lipinski definition) is 2. The number of esters is 1. The molecule has 7 heteroatoms. The number of unbranched alkanes of at least 4 members (excludes halogenated alkanes) is 2. The molecule has 158 valence electrons. The van der Waals surface area contributed by atoms with Crippen LogP contribution in [0.2, 0.25) is 5.02 Å². The number of aryl methyl sites for hydroxylation is 1. The molecule has 0 unspecified atom stereocenters. The van der Waals surface area contributed by atoms with Gasteiger partial charge in [-0.3, -0.25) is 4.79 Å². The van der Waals surface area contributed by atoms with Crippen molar-refractivity contribution in [2.24, 2.45) is 0 Å². The van der Waals surface area contributed by atoms with E-state index in [-0.39, 0.29) is 6.42 Å². The number of carbonyl (C=O) groups is 2. The minimum Gasteiger partial charge on any atom is -0.481 e. The highest BCUT2D eigenvalue weighted by atomic mass is 35.5. The van der Waals surface area contributed by atoms with Gasteiger partial charge in [0.1, 0.15) is 6.10 Å². The van der Waals surface area contributed by atoms with E-state index < -0.39 is 30.1 Å². The predicted molar refractivity (Wildman–Crippen MR) is 115 cm³/mol. The van der Waals surface area contributed by atoms with Crippen molar-refractivity contribution in [3.05, 3.63) is 47.5 Å². The third-order valence-corrected chi connectivity index (χ3v) is 6.04. The van der Waals surface area contributed by atoms with E-state index in [1.54, 1.807) is 0 Å². The van der Waals surface area contributed by atoms with Crippen LogP contribution in [0, 0.1) is 0 Å². The number of ether oxygens (including phenoxy) is 1. The summed E-state index contributed by atoms with van der Waals surface area (Å²) in [7, 11) is 0. The Morgan fingerprint density at radius 3 is 2.70 bits per heavy atom. The number of benzene rings is 2. The van der Waals surface area contributed by atoms with Gasteiger partial charge in [-0.15, -0.1) is 0 Å². The summed E-state index contributed by atoms with van der Waals surface area (Å²) in [5.74, 6) is -2.03. The average Bonchev–Trinajstić information content (AvgIpc) is 3.15. The van der Waals surface area contributed by atoms with Gasteiger partial charge in [-0.2, -0.15) is 0 Å². The second kappa shape index (κ2) is 8.28. The fourth-order valence-electron chi connectivity index (χ4n) is 4.40. The lowest BCUT2D eigenvalue weighted by atomic mass is 9.94. The Hall–Kier alpha value is -2.57. The molecule has 0 amide bonds. The number of halogens is 1. The smallest absolute Gasteiger partial charge is 0.339 e. The predicted octanol–water partition coefficient (Wildman–Crippen LogP) is 4.53. The molecule has 2 atom stereocenters. The number of fused-ring (bicyclic) bond motifs is 3. The van der Waals surface area contributed by atoms with Crippen molar-refractivity contribution in [2.45, 2.75) is 56.8 Å². The average molecular weight is 430 g/mol. The molecule has 0 spiro atoms. The van der Waals surface area contributed by atoms with E-state index in [1.165, 1.54) is 10.9 Å². The first-order valence-electron chi connectivity index (χ1n) is 10.2. The van der Waals surface area contributed by atoms with E-state index in [2.05, 4.69) is 22.8 Å². The molecule has 1 aliphatic heterocycles. The number of aliphatic carboxylic acids is 1. The third-order valence-electron chi connectivity index (χ3n) is 5.80. The Morgan fingerprint density at radius 2 is 1.90 bits per heavy atom. The summed E-state index contributed by atoms with van der Waals surface area (Å²) in [5.41, 5.74) is 0.447. The zero-order valence-corrected chi connectivity index (χ0v) is 17.3. The maximum absolute atomic E-state index is 11.8. The molecular weight excluding hydrogens is 406 g/mol. The van der Waals surface area contributed by atoms with Gasteiger partial charge in [0, 0.05) is 39.8 Å². The van der Waals surface area contributed by atoms with Gasteiger partial charge in [0.25, 0.3) is 0 Å². The topological polar surface area (TPSA) is 88.8 Å². The molecule has 30 heavy (non-hydrogen) atoms. The number of carboxylic acid groups (broad SMARTS) is 1. The molecule has 0 saturated carbocycles. The van der Waals surface area contributed by atoms with Crippen molar-refractivity contribution < 1.29 is 24.5 Å². The summed E-state index contributed by atoms with van der Waals surface area (Å²) in [6.07, 6.45) is 2.37. The molecule has 0 radical (unpaired) electrons. The second-order valence-electron chi connectivity index (χ2n) is 8.01. The second-order valence-corrected chi connectivity index (χ2v) is 8.45. The van der Waals surface area contributed by atoms with Crippen LogP contribution in [0.1, 0.15) is 38.5 Å². The van der Waals surface area contributed by atoms with Crippen molar-refractivity contribution in [2.75, 3.05) is 0 Å². The zero-order chi connectivity index (χ0) is 21.3. The first kappa shape index (κ1) is 20.7. The first-order chi connectivity index (χ1) is 14.4. The summed E-state index contributed by atoms with van der Waals surface area (Å²) in [5, 5.41) is 22.1. The van der Waals surface area contributed by atoms with Crippen molar-refractivity contribution in [1.82, 2.24) is 4.57 Å². The third kappa shape index (κ3) is 4.02. The molecule has 1 saturated heterocycles. The van der Waals surface area contributed by atoms with E-state index in [1.807, 2.05) is 24.3 Å². The van der Waals surface area contributed by atoms with Crippen LogP contribution < -0.4 is 0 Å². The van der Waals surface area contributed by atoms with Crippen molar-refractivity contribution in [3.63, 3.8) is 0 Å². The lowest BCUT2D eigenvalue weighted by Gasteiger charge is -2.14. The number of nitrogens with zero attached hydrogens (tertiary/aromatic N) is 1. The minimum absolute atomic E-state index is 0.0474. The summed E-state index contributed by atoms with van der Waals surface area (Å²) < 4.78 is 7.49. The molecule has 1 aliphatic rings. The molecule has 0 bridgehead atoms. The number of rotatable bonds is 8. The van der Waals surface area contributed by atoms with Crippen molar-refractivity contribution in [1.29, 1.82) is 0 Å². The van der Waals surface area contributed by atoms with Gasteiger partial charge < -0.3 is 19.5 Å². The van der Waals surface area contributed by atoms with Gasteiger partial charge in [0.05, 0.1) is 6.42 Å². The number of carbonyl (C=O) groups excluding carboxylic acids is 1. The van der Waals surface area contributed by atoms with Crippen LogP contribution in [0.5, 0.6) is 0 Å². The first-order valence-corrected chi connectivity index (χ1v) is 10.6. The number of aliphatic hydroxyl groups is 1. The lowest BCUT2D eigenvalue weighted by molar-refractivity contribution is -0.160. The summed E-state index contributed by atoms with van der Waals surface area (Å²) in [6.45, 7) is 0.860. The Balaban J connectivity index is 1.35.